The zero-order valence-electron chi connectivity index (χ0n) is 11.7. The van der Waals surface area contributed by atoms with E-state index in [1.165, 1.54) is 58.0 Å². The van der Waals surface area contributed by atoms with E-state index in [1.807, 2.05) is 0 Å². The molecule has 0 atom stereocenters. The van der Waals surface area contributed by atoms with Crippen LogP contribution in [0, 0.1) is 10.8 Å². The van der Waals surface area contributed by atoms with Crippen LogP contribution in [0.25, 0.3) is 0 Å². The maximum atomic E-state index is 9.83. The third kappa shape index (κ3) is 3.45. The summed E-state index contributed by atoms with van der Waals surface area (Å²) in [5, 5.41) is 9.83. The van der Waals surface area contributed by atoms with Gasteiger partial charge in [0.1, 0.15) is 0 Å². The fourth-order valence-corrected chi connectivity index (χ4v) is 3.68. The Bertz CT molecular complexity index is 241. The molecule has 2 fully saturated rings. The number of aliphatic hydroxyl groups is 1. The number of likely N-dealkylation sites (tertiary alicyclic amines) is 1. The first-order valence-corrected chi connectivity index (χ1v) is 7.39. The fourth-order valence-electron chi connectivity index (χ4n) is 3.68. The minimum atomic E-state index is 0.219. The van der Waals surface area contributed by atoms with Crippen LogP contribution in [-0.2, 0) is 0 Å². The van der Waals surface area contributed by atoms with Gasteiger partial charge in [0.2, 0.25) is 0 Å². The summed E-state index contributed by atoms with van der Waals surface area (Å²) in [5.74, 6) is 0. The highest BCUT2D eigenvalue weighted by atomic mass is 16.3. The molecule has 1 heterocycles. The summed E-state index contributed by atoms with van der Waals surface area (Å²) in [5.41, 5.74) is 0.707. The minimum absolute atomic E-state index is 0.219. The van der Waals surface area contributed by atoms with Gasteiger partial charge < -0.3 is 10.0 Å². The topological polar surface area (TPSA) is 23.5 Å². The van der Waals surface area contributed by atoms with Crippen molar-refractivity contribution < 1.29 is 5.11 Å². The van der Waals surface area contributed by atoms with Gasteiger partial charge in [0.15, 0.2) is 0 Å². The Labute approximate surface area is 106 Å². The summed E-state index contributed by atoms with van der Waals surface area (Å²) in [6.07, 6.45) is 9.16. The lowest BCUT2D eigenvalue weighted by atomic mass is 9.80. The summed E-state index contributed by atoms with van der Waals surface area (Å²) in [6.45, 7) is 8.71. The second kappa shape index (κ2) is 5.27. The Kier molecular flexibility index (Phi) is 4.14. The molecule has 0 spiro atoms. The monoisotopic (exact) mass is 239 g/mol. The Balaban J connectivity index is 1.94. The average molecular weight is 239 g/mol. The molecular weight excluding hydrogens is 210 g/mol. The number of hydrogen-bond acceptors (Lipinski definition) is 2. The summed E-state index contributed by atoms with van der Waals surface area (Å²) in [4.78, 5) is 2.60. The summed E-state index contributed by atoms with van der Waals surface area (Å²) in [6, 6.07) is 0. The van der Waals surface area contributed by atoms with Gasteiger partial charge in [-0.05, 0) is 31.2 Å². The van der Waals surface area contributed by atoms with Gasteiger partial charge in [-0.2, -0.15) is 0 Å². The van der Waals surface area contributed by atoms with Crippen LogP contribution in [0.5, 0.6) is 0 Å². The van der Waals surface area contributed by atoms with E-state index in [1.54, 1.807) is 0 Å². The number of hydrogen-bond donors (Lipinski definition) is 1. The third-order valence-corrected chi connectivity index (χ3v) is 4.82. The van der Waals surface area contributed by atoms with Crippen molar-refractivity contribution in [3.63, 3.8) is 0 Å². The first-order chi connectivity index (χ1) is 8.05. The van der Waals surface area contributed by atoms with Gasteiger partial charge in [-0.3, -0.25) is 0 Å². The maximum absolute atomic E-state index is 9.83. The van der Waals surface area contributed by atoms with Crippen molar-refractivity contribution in [2.75, 3.05) is 26.2 Å². The van der Waals surface area contributed by atoms with Crippen molar-refractivity contribution >= 4 is 0 Å². The van der Waals surface area contributed by atoms with Crippen molar-refractivity contribution in [2.24, 2.45) is 10.8 Å². The molecule has 0 aromatic heterocycles. The second-order valence-corrected chi connectivity index (χ2v) is 7.20. The predicted octanol–water partition coefficient (Wildman–Crippen LogP) is 3.05. The third-order valence-electron chi connectivity index (χ3n) is 4.82. The smallest absolute Gasteiger partial charge is 0.0499 e. The molecule has 1 aliphatic heterocycles. The first-order valence-electron chi connectivity index (χ1n) is 7.39. The van der Waals surface area contributed by atoms with E-state index in [9.17, 15) is 5.11 Å². The second-order valence-electron chi connectivity index (χ2n) is 7.20. The molecule has 1 aliphatic carbocycles. The molecule has 0 aromatic carbocycles. The summed E-state index contributed by atoms with van der Waals surface area (Å²) in [7, 11) is 0. The lowest BCUT2D eigenvalue weighted by molar-refractivity contribution is 0.0648. The molecule has 1 N–H and O–H groups in total. The molecular formula is C15H29NO. The minimum Gasteiger partial charge on any atom is -0.396 e. The van der Waals surface area contributed by atoms with Gasteiger partial charge in [0, 0.05) is 25.1 Å². The van der Waals surface area contributed by atoms with Gasteiger partial charge in [0.05, 0.1) is 0 Å². The highest BCUT2D eigenvalue weighted by molar-refractivity contribution is 4.89. The highest BCUT2D eigenvalue weighted by Gasteiger charge is 2.36. The van der Waals surface area contributed by atoms with Gasteiger partial charge in [-0.15, -0.1) is 0 Å². The van der Waals surface area contributed by atoms with Gasteiger partial charge >= 0.3 is 0 Å². The molecule has 0 aromatic rings. The zero-order valence-corrected chi connectivity index (χ0v) is 11.7. The van der Waals surface area contributed by atoms with Crippen LogP contribution in [0.2, 0.25) is 0 Å². The zero-order chi connectivity index (χ0) is 12.4. The quantitative estimate of drug-likeness (QED) is 0.765. The van der Waals surface area contributed by atoms with E-state index in [-0.39, 0.29) is 5.41 Å². The lowest BCUT2D eigenvalue weighted by Gasteiger charge is -2.35. The van der Waals surface area contributed by atoms with Gasteiger partial charge in [0.25, 0.3) is 0 Å². The van der Waals surface area contributed by atoms with Crippen LogP contribution in [0.4, 0.5) is 0 Å². The predicted molar refractivity (Wildman–Crippen MR) is 72.1 cm³/mol. The van der Waals surface area contributed by atoms with E-state index in [2.05, 4.69) is 18.7 Å². The van der Waals surface area contributed by atoms with Crippen molar-refractivity contribution in [2.45, 2.75) is 58.8 Å². The molecule has 0 unspecified atom stereocenters. The number of rotatable bonds is 3. The summed E-state index contributed by atoms with van der Waals surface area (Å²) >= 11 is 0. The molecule has 17 heavy (non-hydrogen) atoms. The SMILES string of the molecule is CC1(C)CCN(CC2(CO)CCCCCC2)C1. The molecule has 2 rings (SSSR count). The normalized spacial score (nSPS) is 29.1. The Hall–Kier alpha value is -0.0800. The number of nitrogens with zero attached hydrogens (tertiary/aromatic N) is 1. The van der Waals surface area contributed by atoms with Crippen molar-refractivity contribution in [1.29, 1.82) is 0 Å². The van der Waals surface area contributed by atoms with Crippen molar-refractivity contribution in [1.82, 2.24) is 4.90 Å². The summed E-state index contributed by atoms with van der Waals surface area (Å²) < 4.78 is 0. The van der Waals surface area contributed by atoms with Crippen LogP contribution in [-0.4, -0.2) is 36.2 Å². The molecule has 0 radical (unpaired) electrons. The Morgan fingerprint density at radius 3 is 2.12 bits per heavy atom. The van der Waals surface area contributed by atoms with E-state index in [4.69, 9.17) is 0 Å². The van der Waals surface area contributed by atoms with E-state index < -0.39 is 0 Å². The lowest BCUT2D eigenvalue weighted by Crippen LogP contribution is -2.39. The van der Waals surface area contributed by atoms with Crippen molar-refractivity contribution in [3.05, 3.63) is 0 Å². The van der Waals surface area contributed by atoms with Crippen LogP contribution >= 0.6 is 0 Å². The first kappa shape index (κ1) is 13.4. The largest absolute Gasteiger partial charge is 0.396 e. The molecule has 0 amide bonds. The molecule has 1 saturated carbocycles. The molecule has 100 valence electrons. The number of aliphatic hydroxyl groups excluding tert-OH is 1. The fraction of sp³-hybridized carbons (Fsp3) is 1.00. The standard InChI is InChI=1S/C15H29NO/c1-14(2)9-10-16(11-14)12-15(13-17)7-5-3-4-6-8-15/h17H,3-13H2,1-2H3. The van der Waals surface area contributed by atoms with Crippen LogP contribution in [0.15, 0.2) is 0 Å². The van der Waals surface area contributed by atoms with Crippen molar-refractivity contribution in [3.8, 4) is 0 Å². The van der Waals surface area contributed by atoms with Gasteiger partial charge in [-0.1, -0.05) is 39.5 Å². The van der Waals surface area contributed by atoms with Crippen LogP contribution in [0.3, 0.4) is 0 Å². The van der Waals surface area contributed by atoms with Crippen LogP contribution in [0.1, 0.15) is 58.8 Å². The molecule has 2 nitrogen and oxygen atoms in total. The Morgan fingerprint density at radius 1 is 1.00 bits per heavy atom. The van der Waals surface area contributed by atoms with E-state index in [0.717, 1.165) is 6.54 Å². The maximum Gasteiger partial charge on any atom is 0.0499 e. The molecule has 1 saturated heterocycles. The van der Waals surface area contributed by atoms with E-state index >= 15 is 0 Å². The Morgan fingerprint density at radius 2 is 1.65 bits per heavy atom. The van der Waals surface area contributed by atoms with E-state index in [0.29, 0.717) is 12.0 Å². The molecule has 2 heteroatoms. The highest BCUT2D eigenvalue weighted by Crippen LogP contribution is 2.38. The van der Waals surface area contributed by atoms with Gasteiger partial charge in [-0.25, -0.2) is 0 Å². The average Bonchev–Trinajstić information content (AvgIpc) is 2.52. The molecule has 2 aliphatic rings. The van der Waals surface area contributed by atoms with Crippen LogP contribution < -0.4 is 0 Å². The molecule has 0 bridgehead atoms.